The number of carbonyl (C=O) groups excluding carboxylic acids is 1. The molecular weight excluding hydrogens is 373 g/mol. The molecule has 1 aromatic heterocycles. The van der Waals surface area contributed by atoms with Crippen LogP contribution in [-0.2, 0) is 17.5 Å². The predicted octanol–water partition coefficient (Wildman–Crippen LogP) is 4.51. The van der Waals surface area contributed by atoms with Crippen molar-refractivity contribution in [2.45, 2.75) is 19.1 Å². The van der Waals surface area contributed by atoms with Crippen molar-refractivity contribution in [1.82, 2.24) is 9.80 Å². The minimum Gasteiger partial charge on any atom is -0.338 e. The zero-order valence-electron chi connectivity index (χ0n) is 14.8. The number of alkyl halides is 3. The van der Waals surface area contributed by atoms with Crippen LogP contribution in [0, 0.1) is 0 Å². The van der Waals surface area contributed by atoms with Crippen LogP contribution < -0.4 is 0 Å². The van der Waals surface area contributed by atoms with Crippen LogP contribution in [0.4, 0.5) is 13.2 Å². The van der Waals surface area contributed by atoms with Crippen molar-refractivity contribution < 1.29 is 18.0 Å². The lowest BCUT2D eigenvalue weighted by Gasteiger charge is -2.20. The Labute approximate surface area is 160 Å². The van der Waals surface area contributed by atoms with Gasteiger partial charge >= 0.3 is 6.18 Å². The molecule has 0 atom stereocenters. The topological polar surface area (TPSA) is 23.6 Å². The Bertz CT molecular complexity index is 787. The van der Waals surface area contributed by atoms with E-state index in [-0.39, 0.29) is 5.91 Å². The van der Waals surface area contributed by atoms with Crippen LogP contribution in [0.3, 0.4) is 0 Å². The minimum atomic E-state index is -4.38. The Balaban J connectivity index is 1.57. The van der Waals surface area contributed by atoms with E-state index in [0.717, 1.165) is 38.2 Å². The molecule has 1 aliphatic rings. The summed E-state index contributed by atoms with van der Waals surface area (Å²) in [6.45, 7) is 3.89. The molecule has 0 bridgehead atoms. The largest absolute Gasteiger partial charge is 0.416 e. The van der Waals surface area contributed by atoms with Crippen LogP contribution in [0.2, 0.25) is 0 Å². The van der Waals surface area contributed by atoms with Gasteiger partial charge in [-0.1, -0.05) is 18.2 Å². The molecule has 2 heterocycles. The molecule has 0 saturated carbocycles. The first-order valence-corrected chi connectivity index (χ1v) is 9.69. The highest BCUT2D eigenvalue weighted by Crippen LogP contribution is 2.29. The van der Waals surface area contributed by atoms with Crippen LogP contribution in [0.15, 0.2) is 47.9 Å². The molecule has 1 amide bonds. The number of amides is 1. The third-order valence-corrected chi connectivity index (χ3v) is 5.35. The Morgan fingerprint density at radius 2 is 1.96 bits per heavy atom. The molecule has 0 unspecified atom stereocenters. The number of benzene rings is 1. The second-order valence-corrected chi connectivity index (χ2v) is 7.52. The number of hydrogen-bond acceptors (Lipinski definition) is 3. The molecule has 0 aliphatic carbocycles. The lowest BCUT2D eigenvalue weighted by atomic mass is 10.1. The van der Waals surface area contributed by atoms with Crippen molar-refractivity contribution in [1.29, 1.82) is 0 Å². The summed E-state index contributed by atoms with van der Waals surface area (Å²) in [5.41, 5.74) is -0.344. The molecule has 144 valence electrons. The zero-order valence-corrected chi connectivity index (χ0v) is 15.6. The van der Waals surface area contributed by atoms with Gasteiger partial charge in [-0.3, -0.25) is 9.69 Å². The van der Waals surface area contributed by atoms with E-state index in [1.807, 2.05) is 6.07 Å². The summed E-state index contributed by atoms with van der Waals surface area (Å²) in [6.07, 6.45) is -0.685. The first-order valence-electron chi connectivity index (χ1n) is 8.81. The summed E-state index contributed by atoms with van der Waals surface area (Å²) in [5, 5.41) is 2.06. The first-order chi connectivity index (χ1) is 12.9. The van der Waals surface area contributed by atoms with Gasteiger partial charge in [0.2, 0.25) is 5.91 Å². The monoisotopic (exact) mass is 394 g/mol. The number of nitrogens with zero attached hydrogens (tertiary/aromatic N) is 2. The number of halogens is 3. The smallest absolute Gasteiger partial charge is 0.338 e. The summed E-state index contributed by atoms with van der Waals surface area (Å²) in [7, 11) is 0. The third kappa shape index (κ3) is 5.68. The van der Waals surface area contributed by atoms with Gasteiger partial charge in [0, 0.05) is 43.7 Å². The van der Waals surface area contributed by atoms with Gasteiger partial charge in [-0.25, -0.2) is 0 Å². The number of hydrogen-bond donors (Lipinski definition) is 0. The highest BCUT2D eigenvalue weighted by Gasteiger charge is 2.30. The van der Waals surface area contributed by atoms with Crippen molar-refractivity contribution in [3.05, 3.63) is 63.9 Å². The average molecular weight is 394 g/mol. The highest BCUT2D eigenvalue weighted by atomic mass is 32.1. The van der Waals surface area contributed by atoms with E-state index in [2.05, 4.69) is 16.3 Å². The molecule has 0 spiro atoms. The summed E-state index contributed by atoms with van der Waals surface area (Å²) in [6, 6.07) is 9.12. The fourth-order valence-electron chi connectivity index (χ4n) is 3.06. The van der Waals surface area contributed by atoms with Gasteiger partial charge in [0.1, 0.15) is 0 Å². The van der Waals surface area contributed by atoms with Crippen molar-refractivity contribution in [3.63, 3.8) is 0 Å². The number of rotatable bonds is 4. The maximum absolute atomic E-state index is 12.8. The minimum absolute atomic E-state index is 0.162. The molecule has 3 nitrogen and oxygen atoms in total. The Morgan fingerprint density at radius 1 is 1.11 bits per heavy atom. The number of thiophene rings is 1. The summed E-state index contributed by atoms with van der Waals surface area (Å²) >= 11 is 1.73. The Kier molecular flexibility index (Phi) is 6.34. The molecule has 1 aliphatic heterocycles. The van der Waals surface area contributed by atoms with Gasteiger partial charge < -0.3 is 4.90 Å². The molecule has 1 aromatic carbocycles. The van der Waals surface area contributed by atoms with E-state index in [1.54, 1.807) is 22.3 Å². The Hall–Kier alpha value is -2.12. The fourth-order valence-corrected chi connectivity index (χ4v) is 3.81. The van der Waals surface area contributed by atoms with Crippen LogP contribution in [0.5, 0.6) is 0 Å². The normalized spacial score (nSPS) is 16.6. The summed E-state index contributed by atoms with van der Waals surface area (Å²) in [5.74, 6) is -0.162. The summed E-state index contributed by atoms with van der Waals surface area (Å²) in [4.78, 5) is 17.8. The van der Waals surface area contributed by atoms with E-state index < -0.39 is 11.7 Å². The van der Waals surface area contributed by atoms with Crippen LogP contribution in [0.1, 0.15) is 22.4 Å². The van der Waals surface area contributed by atoms with Crippen molar-refractivity contribution in [2.75, 3.05) is 26.2 Å². The molecule has 3 rings (SSSR count). The standard InChI is InChI=1S/C20H21F3N2OS/c21-20(22,23)17-5-1-4-16(14-17)7-8-19(26)25-10-3-9-24(11-12-25)15-18-6-2-13-27-18/h1-2,4-8,13-14H,3,9-12,15H2. The van der Waals surface area contributed by atoms with E-state index in [0.29, 0.717) is 18.7 Å². The van der Waals surface area contributed by atoms with Gasteiger partial charge in [-0.05, 0) is 41.6 Å². The van der Waals surface area contributed by atoms with Gasteiger partial charge in [-0.2, -0.15) is 13.2 Å². The van der Waals surface area contributed by atoms with Gasteiger partial charge in [-0.15, -0.1) is 11.3 Å². The van der Waals surface area contributed by atoms with Gasteiger partial charge in [0.05, 0.1) is 5.56 Å². The molecule has 0 N–H and O–H groups in total. The van der Waals surface area contributed by atoms with E-state index in [4.69, 9.17) is 0 Å². The fraction of sp³-hybridized carbons (Fsp3) is 0.350. The van der Waals surface area contributed by atoms with Crippen molar-refractivity contribution in [2.24, 2.45) is 0 Å². The van der Waals surface area contributed by atoms with Crippen molar-refractivity contribution in [3.8, 4) is 0 Å². The predicted molar refractivity (Wildman–Crippen MR) is 101 cm³/mol. The molecule has 7 heteroatoms. The van der Waals surface area contributed by atoms with Gasteiger partial charge in [0.15, 0.2) is 0 Å². The quantitative estimate of drug-likeness (QED) is 0.712. The SMILES string of the molecule is O=C(C=Cc1cccc(C(F)(F)F)c1)N1CCCN(Cc2cccs2)CC1. The van der Waals surface area contributed by atoms with E-state index in [1.165, 1.54) is 23.1 Å². The van der Waals surface area contributed by atoms with Crippen LogP contribution in [0.25, 0.3) is 6.08 Å². The molecule has 1 fully saturated rings. The average Bonchev–Trinajstić information content (AvgIpc) is 3.03. The maximum atomic E-state index is 12.8. The Morgan fingerprint density at radius 3 is 2.70 bits per heavy atom. The lowest BCUT2D eigenvalue weighted by molar-refractivity contribution is -0.137. The second kappa shape index (κ2) is 8.71. The lowest BCUT2D eigenvalue weighted by Crippen LogP contribution is -2.33. The molecule has 27 heavy (non-hydrogen) atoms. The number of carbonyl (C=O) groups is 1. The maximum Gasteiger partial charge on any atom is 0.416 e. The van der Waals surface area contributed by atoms with E-state index >= 15 is 0 Å². The first kappa shape index (κ1) is 19.6. The van der Waals surface area contributed by atoms with Crippen LogP contribution >= 0.6 is 11.3 Å². The second-order valence-electron chi connectivity index (χ2n) is 6.49. The zero-order chi connectivity index (χ0) is 19.3. The molecule has 2 aromatic rings. The van der Waals surface area contributed by atoms with Crippen LogP contribution in [-0.4, -0.2) is 41.9 Å². The van der Waals surface area contributed by atoms with Crippen molar-refractivity contribution >= 4 is 23.3 Å². The third-order valence-electron chi connectivity index (χ3n) is 4.49. The highest BCUT2D eigenvalue weighted by molar-refractivity contribution is 7.09. The molecular formula is C20H21F3N2OS. The summed E-state index contributed by atoms with van der Waals surface area (Å²) < 4.78 is 38.3. The molecule has 1 saturated heterocycles. The van der Waals surface area contributed by atoms with E-state index in [9.17, 15) is 18.0 Å². The van der Waals surface area contributed by atoms with Gasteiger partial charge in [0.25, 0.3) is 0 Å². The molecule has 0 radical (unpaired) electrons.